The number of guanidine groups is 1. The first-order valence-electron chi connectivity index (χ1n) is 10.1. The summed E-state index contributed by atoms with van der Waals surface area (Å²) in [6.07, 6.45) is 2.65. The van der Waals surface area contributed by atoms with Crippen LogP contribution in [-0.2, 0) is 9.47 Å². The molecular weight excluding hydrogens is 457 g/mol. The third-order valence-corrected chi connectivity index (χ3v) is 5.17. The summed E-state index contributed by atoms with van der Waals surface area (Å²) >= 11 is 0. The van der Waals surface area contributed by atoms with Crippen LogP contribution in [-0.4, -0.2) is 100 Å². The molecule has 1 heterocycles. The fourth-order valence-electron chi connectivity index (χ4n) is 3.33. The number of morpholine rings is 1. The number of hydrogen-bond donors (Lipinski definition) is 2. The molecule has 1 aliphatic heterocycles. The lowest BCUT2D eigenvalue weighted by atomic mass is 10.0. The number of nitrogens with zero attached hydrogens (tertiary/aromatic N) is 3. The monoisotopic (exact) mass is 497 g/mol. The van der Waals surface area contributed by atoms with Gasteiger partial charge in [-0.25, -0.2) is 0 Å². The second kappa shape index (κ2) is 13.1. The maximum atomic E-state index is 5.47. The van der Waals surface area contributed by atoms with Gasteiger partial charge >= 0.3 is 0 Å². The van der Waals surface area contributed by atoms with E-state index in [9.17, 15) is 0 Å². The zero-order valence-corrected chi connectivity index (χ0v) is 20.0. The Kier molecular flexibility index (Phi) is 12.1. The Morgan fingerprint density at radius 2 is 1.93 bits per heavy atom. The van der Waals surface area contributed by atoms with E-state index in [4.69, 9.17) is 14.5 Å². The van der Waals surface area contributed by atoms with E-state index >= 15 is 0 Å². The van der Waals surface area contributed by atoms with Gasteiger partial charge in [-0.3, -0.25) is 14.8 Å². The molecule has 160 valence electrons. The maximum absolute atomic E-state index is 5.47. The van der Waals surface area contributed by atoms with Crippen molar-refractivity contribution in [2.24, 2.45) is 4.99 Å². The minimum Gasteiger partial charge on any atom is -0.383 e. The van der Waals surface area contributed by atoms with Gasteiger partial charge in [-0.15, -0.1) is 24.0 Å². The van der Waals surface area contributed by atoms with Crippen LogP contribution in [0.2, 0.25) is 0 Å². The van der Waals surface area contributed by atoms with E-state index < -0.39 is 0 Å². The molecule has 0 aromatic heterocycles. The molecule has 0 aromatic carbocycles. The fourth-order valence-corrected chi connectivity index (χ4v) is 3.33. The Balaban J connectivity index is 0.00000364. The second-order valence-electron chi connectivity index (χ2n) is 7.79. The number of hydrogen-bond acceptors (Lipinski definition) is 5. The number of methoxy groups -OCH3 is 1. The van der Waals surface area contributed by atoms with E-state index in [-0.39, 0.29) is 29.5 Å². The summed E-state index contributed by atoms with van der Waals surface area (Å²) in [6.45, 7) is 15.7. The van der Waals surface area contributed by atoms with Crippen LogP contribution in [0.3, 0.4) is 0 Å². The normalized spacial score (nSPS) is 19.1. The number of ether oxygens (including phenoxy) is 2. The van der Waals surface area contributed by atoms with Gasteiger partial charge in [-0.2, -0.15) is 0 Å². The topological polar surface area (TPSA) is 61.4 Å². The van der Waals surface area contributed by atoms with Crippen molar-refractivity contribution in [3.63, 3.8) is 0 Å². The average molecular weight is 497 g/mol. The van der Waals surface area contributed by atoms with Crippen LogP contribution in [0, 0.1) is 0 Å². The standard InChI is InChI=1S/C19H39N5O2.HI/c1-5-20-18(21-8-9-23(10-13-25-4)17-6-7-17)22-16-19(2,3)24-11-14-26-15-12-24;/h17H,5-16H2,1-4H3,(H2,20,21,22);1H. The molecule has 0 amide bonds. The summed E-state index contributed by atoms with van der Waals surface area (Å²) in [7, 11) is 1.77. The van der Waals surface area contributed by atoms with Gasteiger partial charge in [-0.05, 0) is 33.6 Å². The Bertz CT molecular complexity index is 426. The van der Waals surface area contributed by atoms with Crippen LogP contribution in [0.5, 0.6) is 0 Å². The van der Waals surface area contributed by atoms with Crippen molar-refractivity contribution in [2.45, 2.75) is 45.2 Å². The van der Waals surface area contributed by atoms with Gasteiger partial charge in [0, 0.05) is 58.0 Å². The lowest BCUT2D eigenvalue weighted by Crippen LogP contribution is -2.52. The Labute approximate surface area is 182 Å². The SMILES string of the molecule is CCNC(=NCC(C)(C)N1CCOCC1)NCCN(CCOC)C1CC1.I. The van der Waals surface area contributed by atoms with Crippen LogP contribution in [0.15, 0.2) is 4.99 Å². The minimum atomic E-state index is 0. The molecule has 1 saturated heterocycles. The third-order valence-electron chi connectivity index (χ3n) is 5.17. The van der Waals surface area contributed by atoms with Crippen molar-refractivity contribution in [3.05, 3.63) is 0 Å². The van der Waals surface area contributed by atoms with Crippen molar-refractivity contribution in [1.82, 2.24) is 20.4 Å². The average Bonchev–Trinajstić information content (AvgIpc) is 3.48. The summed E-state index contributed by atoms with van der Waals surface area (Å²) in [5, 5.41) is 6.87. The lowest BCUT2D eigenvalue weighted by Gasteiger charge is -2.39. The van der Waals surface area contributed by atoms with E-state index in [0.29, 0.717) is 0 Å². The summed E-state index contributed by atoms with van der Waals surface area (Å²) in [5.74, 6) is 0.913. The van der Waals surface area contributed by atoms with Crippen molar-refractivity contribution in [2.75, 3.05) is 72.7 Å². The molecule has 2 aliphatic rings. The largest absolute Gasteiger partial charge is 0.383 e. The van der Waals surface area contributed by atoms with Crippen LogP contribution < -0.4 is 10.6 Å². The molecule has 0 unspecified atom stereocenters. The summed E-state index contributed by atoms with van der Waals surface area (Å²) in [4.78, 5) is 9.85. The van der Waals surface area contributed by atoms with Gasteiger partial charge in [0.1, 0.15) is 0 Å². The van der Waals surface area contributed by atoms with Crippen molar-refractivity contribution in [3.8, 4) is 0 Å². The van der Waals surface area contributed by atoms with Gasteiger partial charge in [0.2, 0.25) is 0 Å². The van der Waals surface area contributed by atoms with Gasteiger partial charge in [-0.1, -0.05) is 0 Å². The van der Waals surface area contributed by atoms with E-state index in [1.165, 1.54) is 12.8 Å². The summed E-state index contributed by atoms with van der Waals surface area (Å²) in [6, 6.07) is 0.756. The Morgan fingerprint density at radius 3 is 2.52 bits per heavy atom. The molecular formula is C19H40IN5O2. The number of halogens is 1. The molecule has 2 rings (SSSR count). The van der Waals surface area contributed by atoms with Gasteiger partial charge in [0.25, 0.3) is 0 Å². The predicted octanol–water partition coefficient (Wildman–Crippen LogP) is 1.38. The van der Waals surface area contributed by atoms with Crippen LogP contribution >= 0.6 is 24.0 Å². The Hall–Kier alpha value is -0.160. The first kappa shape index (κ1) is 24.9. The molecule has 1 aliphatic carbocycles. The summed E-state index contributed by atoms with van der Waals surface area (Å²) in [5.41, 5.74) is 0.0463. The molecule has 2 fully saturated rings. The molecule has 8 heteroatoms. The predicted molar refractivity (Wildman–Crippen MR) is 122 cm³/mol. The van der Waals surface area contributed by atoms with E-state index in [1.807, 2.05) is 0 Å². The number of nitrogens with one attached hydrogen (secondary N) is 2. The van der Waals surface area contributed by atoms with E-state index in [2.05, 4.69) is 41.2 Å². The molecule has 1 saturated carbocycles. The molecule has 0 aromatic rings. The van der Waals surface area contributed by atoms with Crippen molar-refractivity contribution >= 4 is 29.9 Å². The molecule has 27 heavy (non-hydrogen) atoms. The quantitative estimate of drug-likeness (QED) is 0.256. The molecule has 0 bridgehead atoms. The van der Waals surface area contributed by atoms with Crippen LogP contribution in [0.4, 0.5) is 0 Å². The van der Waals surface area contributed by atoms with Gasteiger partial charge in [0.15, 0.2) is 5.96 Å². The third kappa shape index (κ3) is 9.25. The minimum absolute atomic E-state index is 0. The van der Waals surface area contributed by atoms with Crippen LogP contribution in [0.1, 0.15) is 33.6 Å². The number of aliphatic imine (C=N–C) groups is 1. The lowest BCUT2D eigenvalue weighted by molar-refractivity contribution is -0.00683. The van der Waals surface area contributed by atoms with E-state index in [0.717, 1.165) is 77.6 Å². The molecule has 2 N–H and O–H groups in total. The van der Waals surface area contributed by atoms with Gasteiger partial charge < -0.3 is 20.1 Å². The first-order chi connectivity index (χ1) is 12.6. The van der Waals surface area contributed by atoms with Gasteiger partial charge in [0.05, 0.1) is 26.4 Å². The summed E-state index contributed by atoms with van der Waals surface area (Å²) < 4.78 is 10.7. The second-order valence-corrected chi connectivity index (χ2v) is 7.79. The maximum Gasteiger partial charge on any atom is 0.191 e. The molecule has 7 nitrogen and oxygen atoms in total. The molecule has 0 radical (unpaired) electrons. The first-order valence-corrected chi connectivity index (χ1v) is 10.1. The van der Waals surface area contributed by atoms with Crippen molar-refractivity contribution < 1.29 is 9.47 Å². The highest BCUT2D eigenvalue weighted by molar-refractivity contribution is 14.0. The fraction of sp³-hybridized carbons (Fsp3) is 0.947. The highest BCUT2D eigenvalue weighted by Crippen LogP contribution is 2.26. The van der Waals surface area contributed by atoms with Crippen LogP contribution in [0.25, 0.3) is 0 Å². The zero-order valence-electron chi connectivity index (χ0n) is 17.6. The van der Waals surface area contributed by atoms with Crippen molar-refractivity contribution in [1.29, 1.82) is 0 Å². The highest BCUT2D eigenvalue weighted by atomic mass is 127. The van der Waals surface area contributed by atoms with E-state index in [1.54, 1.807) is 7.11 Å². The molecule has 0 spiro atoms. The Morgan fingerprint density at radius 1 is 1.22 bits per heavy atom. The smallest absolute Gasteiger partial charge is 0.191 e. The highest BCUT2D eigenvalue weighted by Gasteiger charge is 2.29. The zero-order chi connectivity index (χ0) is 18.8. The number of rotatable bonds is 11. The molecule has 0 atom stereocenters.